The van der Waals surface area contributed by atoms with Crippen molar-refractivity contribution in [2.24, 2.45) is 5.10 Å². The minimum Gasteiger partial charge on any atom is -0.482 e. The van der Waals surface area contributed by atoms with Crippen molar-refractivity contribution in [3.8, 4) is 5.75 Å². The maximum atomic E-state index is 11.9. The lowest BCUT2D eigenvalue weighted by Gasteiger charge is -2.45. The zero-order valence-corrected chi connectivity index (χ0v) is 17.5. The van der Waals surface area contributed by atoms with E-state index in [1.165, 1.54) is 11.3 Å². The monoisotopic (exact) mass is 399 g/mol. The number of nitrogens with zero attached hydrogens (tertiary/aromatic N) is 2. The first-order chi connectivity index (χ1) is 13.3. The van der Waals surface area contributed by atoms with Gasteiger partial charge in [-0.05, 0) is 61.6 Å². The van der Waals surface area contributed by atoms with Crippen LogP contribution >= 0.6 is 11.6 Å². The zero-order chi connectivity index (χ0) is 20.3. The molecule has 0 saturated heterocycles. The number of nitrogens with one attached hydrogen (secondary N) is 1. The Kier molecular flexibility index (Phi) is 5.94. The highest BCUT2D eigenvalue weighted by Gasteiger charge is 2.33. The number of hydrogen-bond donors (Lipinski definition) is 1. The van der Waals surface area contributed by atoms with Crippen molar-refractivity contribution in [1.82, 2.24) is 5.43 Å². The van der Waals surface area contributed by atoms with Crippen LogP contribution in [-0.2, 0) is 4.79 Å². The summed E-state index contributed by atoms with van der Waals surface area (Å²) >= 11 is 6.00. The lowest BCUT2D eigenvalue weighted by atomic mass is 9.80. The average molecular weight is 400 g/mol. The Balaban J connectivity index is 1.60. The van der Waals surface area contributed by atoms with Crippen LogP contribution in [0.15, 0.2) is 47.6 Å². The van der Waals surface area contributed by atoms with Gasteiger partial charge < -0.3 is 9.64 Å². The number of carbonyl (C=O) groups is 1. The van der Waals surface area contributed by atoms with Crippen LogP contribution in [0, 0.1) is 0 Å². The van der Waals surface area contributed by atoms with Gasteiger partial charge in [0.2, 0.25) is 0 Å². The average Bonchev–Trinajstić information content (AvgIpc) is 2.65. The predicted octanol–water partition coefficient (Wildman–Crippen LogP) is 4.59. The van der Waals surface area contributed by atoms with Gasteiger partial charge in [0.15, 0.2) is 6.61 Å². The molecule has 3 rings (SSSR count). The molecule has 2 aromatic rings. The molecule has 2 aromatic carbocycles. The Morgan fingerprint density at radius 3 is 2.86 bits per heavy atom. The quantitative estimate of drug-likeness (QED) is 0.590. The molecule has 0 bridgehead atoms. The van der Waals surface area contributed by atoms with E-state index in [1.807, 2.05) is 6.07 Å². The van der Waals surface area contributed by atoms with Crippen LogP contribution in [0.3, 0.4) is 0 Å². The molecule has 5 nitrogen and oxygen atoms in total. The molecular weight excluding hydrogens is 374 g/mol. The molecule has 1 N–H and O–H groups in total. The third-order valence-electron chi connectivity index (χ3n) is 5.26. The summed E-state index contributed by atoms with van der Waals surface area (Å²) in [5.41, 5.74) is 6.13. The number of ether oxygens (including phenoxy) is 1. The zero-order valence-electron chi connectivity index (χ0n) is 16.7. The summed E-state index contributed by atoms with van der Waals surface area (Å²) in [7, 11) is 2.14. The molecule has 28 heavy (non-hydrogen) atoms. The van der Waals surface area contributed by atoms with Gasteiger partial charge in [0.05, 0.1) is 11.2 Å². The fraction of sp³-hybridized carbons (Fsp3) is 0.364. The third kappa shape index (κ3) is 4.47. The van der Waals surface area contributed by atoms with Crippen molar-refractivity contribution in [3.05, 3.63) is 58.6 Å². The van der Waals surface area contributed by atoms with Crippen molar-refractivity contribution >= 4 is 29.4 Å². The Morgan fingerprint density at radius 2 is 2.11 bits per heavy atom. The summed E-state index contributed by atoms with van der Waals surface area (Å²) in [5.74, 6) is 0.594. The molecule has 0 aliphatic carbocycles. The van der Waals surface area contributed by atoms with E-state index in [-0.39, 0.29) is 18.1 Å². The van der Waals surface area contributed by atoms with E-state index in [2.05, 4.69) is 55.4 Å². The fourth-order valence-corrected chi connectivity index (χ4v) is 3.78. The number of halogens is 1. The second kappa shape index (κ2) is 8.23. The third-order valence-corrected chi connectivity index (χ3v) is 5.57. The summed E-state index contributed by atoms with van der Waals surface area (Å²) < 4.78 is 5.40. The van der Waals surface area contributed by atoms with Gasteiger partial charge in [-0.1, -0.05) is 36.7 Å². The van der Waals surface area contributed by atoms with E-state index in [9.17, 15) is 4.79 Å². The molecule has 1 atom stereocenters. The van der Waals surface area contributed by atoms with Crippen LogP contribution in [0.2, 0.25) is 5.02 Å². The highest BCUT2D eigenvalue weighted by molar-refractivity contribution is 6.32. The van der Waals surface area contributed by atoms with Gasteiger partial charge in [-0.3, -0.25) is 4.79 Å². The van der Waals surface area contributed by atoms with Gasteiger partial charge in [0.1, 0.15) is 5.75 Å². The number of amides is 1. The first kappa shape index (κ1) is 20.2. The molecule has 1 amide bonds. The number of fused-ring (bicyclic) bond motifs is 1. The number of hydrazone groups is 1. The molecule has 0 fully saturated rings. The van der Waals surface area contributed by atoms with Crippen molar-refractivity contribution in [2.75, 3.05) is 18.6 Å². The molecule has 0 saturated carbocycles. The maximum absolute atomic E-state index is 11.9. The van der Waals surface area contributed by atoms with Crippen molar-refractivity contribution in [3.63, 3.8) is 0 Å². The van der Waals surface area contributed by atoms with E-state index < -0.39 is 0 Å². The van der Waals surface area contributed by atoms with Crippen molar-refractivity contribution in [1.29, 1.82) is 0 Å². The van der Waals surface area contributed by atoms with E-state index >= 15 is 0 Å². The molecule has 0 spiro atoms. The van der Waals surface area contributed by atoms with Crippen LogP contribution in [-0.4, -0.2) is 31.3 Å². The SMILES string of the molecule is C[C@H]1CC(C)(C)N(C)c2ccc(/C=N/NC(=O)COc3ccccc3Cl)cc21. The molecule has 0 radical (unpaired) electrons. The Morgan fingerprint density at radius 1 is 1.36 bits per heavy atom. The normalized spacial score (nSPS) is 18.0. The van der Waals surface area contributed by atoms with Crippen LogP contribution in [0.1, 0.15) is 44.2 Å². The topological polar surface area (TPSA) is 53.9 Å². The summed E-state index contributed by atoms with van der Waals surface area (Å²) in [6.07, 6.45) is 2.74. The molecular formula is C22H26ClN3O2. The summed E-state index contributed by atoms with van der Waals surface area (Å²) in [6, 6.07) is 13.3. The smallest absolute Gasteiger partial charge is 0.277 e. The van der Waals surface area contributed by atoms with Crippen LogP contribution in [0.25, 0.3) is 0 Å². The molecule has 1 aliphatic rings. The number of anilines is 1. The lowest BCUT2D eigenvalue weighted by Crippen LogP contribution is -2.45. The molecule has 1 aliphatic heterocycles. The van der Waals surface area contributed by atoms with E-state index in [1.54, 1.807) is 30.5 Å². The van der Waals surface area contributed by atoms with Gasteiger partial charge in [-0.15, -0.1) is 0 Å². The standard InChI is InChI=1S/C22H26ClN3O2/c1-15-12-22(2,3)26(4)19-10-9-16(11-17(15)19)13-24-25-21(27)14-28-20-8-6-5-7-18(20)23/h5-11,13,15H,12,14H2,1-4H3,(H,25,27)/b24-13+/t15-/m0/s1. The second-order valence-corrected chi connectivity index (χ2v) is 8.21. The Labute approximate surface area is 171 Å². The van der Waals surface area contributed by atoms with Gasteiger partial charge in [0.25, 0.3) is 5.91 Å². The molecule has 0 unspecified atom stereocenters. The predicted molar refractivity (Wildman–Crippen MR) is 115 cm³/mol. The Bertz CT molecular complexity index is 895. The Hall–Kier alpha value is -2.53. The lowest BCUT2D eigenvalue weighted by molar-refractivity contribution is -0.123. The van der Waals surface area contributed by atoms with Crippen LogP contribution in [0.5, 0.6) is 5.75 Å². The highest BCUT2D eigenvalue weighted by atomic mass is 35.5. The van der Waals surface area contributed by atoms with Crippen LogP contribution in [0.4, 0.5) is 5.69 Å². The van der Waals surface area contributed by atoms with E-state index in [0.717, 1.165) is 12.0 Å². The second-order valence-electron chi connectivity index (χ2n) is 7.81. The van der Waals surface area contributed by atoms with Crippen LogP contribution < -0.4 is 15.1 Å². The molecule has 148 valence electrons. The van der Waals surface area contributed by atoms with Gasteiger partial charge in [-0.25, -0.2) is 5.43 Å². The molecule has 1 heterocycles. The largest absolute Gasteiger partial charge is 0.482 e. The van der Waals surface area contributed by atoms with Gasteiger partial charge in [0, 0.05) is 18.3 Å². The molecule has 6 heteroatoms. The van der Waals surface area contributed by atoms with Crippen molar-refractivity contribution in [2.45, 2.75) is 38.6 Å². The number of hydrogen-bond acceptors (Lipinski definition) is 4. The number of rotatable bonds is 5. The van der Waals surface area contributed by atoms with Gasteiger partial charge in [-0.2, -0.15) is 5.10 Å². The minimum absolute atomic E-state index is 0.137. The minimum atomic E-state index is -0.344. The van der Waals surface area contributed by atoms with Crippen molar-refractivity contribution < 1.29 is 9.53 Å². The fourth-order valence-electron chi connectivity index (χ4n) is 3.59. The first-order valence-electron chi connectivity index (χ1n) is 9.35. The summed E-state index contributed by atoms with van der Waals surface area (Å²) in [5, 5.41) is 4.51. The first-order valence-corrected chi connectivity index (χ1v) is 9.73. The molecule has 0 aromatic heterocycles. The summed E-state index contributed by atoms with van der Waals surface area (Å²) in [4.78, 5) is 14.2. The number of carbonyl (C=O) groups excluding carboxylic acids is 1. The van der Waals surface area contributed by atoms with E-state index in [4.69, 9.17) is 16.3 Å². The highest BCUT2D eigenvalue weighted by Crippen LogP contribution is 2.42. The maximum Gasteiger partial charge on any atom is 0.277 e. The number of para-hydroxylation sites is 1. The van der Waals surface area contributed by atoms with Gasteiger partial charge >= 0.3 is 0 Å². The number of benzene rings is 2. The van der Waals surface area contributed by atoms with E-state index in [0.29, 0.717) is 16.7 Å². The summed E-state index contributed by atoms with van der Waals surface area (Å²) in [6.45, 7) is 6.63.